The van der Waals surface area contributed by atoms with Gasteiger partial charge in [0, 0.05) is 5.02 Å². The molecule has 3 aromatic carbocycles. The molecule has 1 amide bonds. The van der Waals surface area contributed by atoms with E-state index < -0.39 is 12.0 Å². The first-order valence-electron chi connectivity index (χ1n) is 10.6. The molecule has 1 heterocycles. The monoisotopic (exact) mass is 506 g/mol. The van der Waals surface area contributed by atoms with Crippen molar-refractivity contribution in [2.75, 3.05) is 12.4 Å². The fraction of sp³-hybridized carbons (Fsp3) is 0.115. The lowest BCUT2D eigenvalue weighted by Gasteiger charge is -2.17. The summed E-state index contributed by atoms with van der Waals surface area (Å²) in [5.41, 5.74) is 3.08. The number of imidazole rings is 1. The highest BCUT2D eigenvalue weighted by Crippen LogP contribution is 2.31. The number of aromatic nitrogens is 2. The van der Waals surface area contributed by atoms with Gasteiger partial charge in [0.05, 0.1) is 34.4 Å². The van der Waals surface area contributed by atoms with Crippen LogP contribution in [0.5, 0.6) is 11.5 Å². The Bertz CT molecular complexity index is 1440. The molecule has 0 unspecified atom stereocenters. The number of hydrogen-bond donors (Lipinski definition) is 2. The molecule has 176 valence electrons. The fourth-order valence-corrected chi connectivity index (χ4v) is 3.68. The summed E-state index contributed by atoms with van der Waals surface area (Å²) < 4.78 is 11.3. The van der Waals surface area contributed by atoms with Crippen LogP contribution in [0.4, 0.5) is 5.69 Å². The van der Waals surface area contributed by atoms with E-state index in [0.717, 1.165) is 11.0 Å². The summed E-state index contributed by atoms with van der Waals surface area (Å²) in [7, 11) is 1.50. The quantitative estimate of drug-likeness (QED) is 0.284. The Morgan fingerprint density at radius 1 is 1.14 bits per heavy atom. The molecule has 0 aliphatic carbocycles. The molecule has 0 spiro atoms. The maximum Gasteiger partial charge on any atom is 0.265 e. The van der Waals surface area contributed by atoms with Crippen molar-refractivity contribution in [3.05, 3.63) is 82.1 Å². The minimum absolute atomic E-state index is 0.362. The number of carbonyl (C=O) groups is 1. The molecule has 9 heteroatoms. The third-order valence-electron chi connectivity index (χ3n) is 5.12. The Morgan fingerprint density at radius 3 is 2.69 bits per heavy atom. The second-order valence-electron chi connectivity index (χ2n) is 7.56. The summed E-state index contributed by atoms with van der Waals surface area (Å²) in [6.45, 7) is 1.61. The Kier molecular flexibility index (Phi) is 7.25. The second kappa shape index (κ2) is 10.5. The van der Waals surface area contributed by atoms with Gasteiger partial charge >= 0.3 is 0 Å². The molecule has 4 rings (SSSR count). The lowest BCUT2D eigenvalue weighted by molar-refractivity contribution is -0.122. The van der Waals surface area contributed by atoms with Gasteiger partial charge in [-0.05, 0) is 61.0 Å². The van der Waals surface area contributed by atoms with Crippen LogP contribution >= 0.6 is 23.2 Å². The van der Waals surface area contributed by atoms with E-state index in [1.165, 1.54) is 7.11 Å². The Balaban J connectivity index is 1.53. The summed E-state index contributed by atoms with van der Waals surface area (Å²) in [5, 5.41) is 13.2. The van der Waals surface area contributed by atoms with Crippen molar-refractivity contribution >= 4 is 57.5 Å². The van der Waals surface area contributed by atoms with Gasteiger partial charge in [0.15, 0.2) is 17.6 Å². The summed E-state index contributed by atoms with van der Waals surface area (Å²) in [4.78, 5) is 20.3. The van der Waals surface area contributed by atoms with Crippen LogP contribution in [0.1, 0.15) is 18.3 Å². The maximum atomic E-state index is 12.6. The maximum absolute atomic E-state index is 12.6. The number of rotatable bonds is 7. The number of nitriles is 1. The minimum atomic E-state index is -0.856. The van der Waals surface area contributed by atoms with Crippen molar-refractivity contribution < 1.29 is 14.3 Å². The molecule has 0 bridgehead atoms. The molecular weight excluding hydrogens is 487 g/mol. The predicted octanol–water partition coefficient (Wildman–Crippen LogP) is 6.35. The van der Waals surface area contributed by atoms with E-state index in [1.54, 1.807) is 49.4 Å². The van der Waals surface area contributed by atoms with Crippen LogP contribution in [0.25, 0.3) is 22.7 Å². The number of H-pyrrole nitrogens is 1. The number of hydrogen-bond acceptors (Lipinski definition) is 5. The van der Waals surface area contributed by atoms with Gasteiger partial charge < -0.3 is 19.8 Å². The number of amides is 1. The average Bonchev–Trinajstić information content (AvgIpc) is 3.29. The molecule has 0 aliphatic heterocycles. The van der Waals surface area contributed by atoms with Crippen molar-refractivity contribution in [1.29, 1.82) is 5.26 Å². The number of nitrogens with one attached hydrogen (secondary N) is 2. The van der Waals surface area contributed by atoms with Crippen molar-refractivity contribution in [3.63, 3.8) is 0 Å². The molecule has 0 radical (unpaired) electrons. The van der Waals surface area contributed by atoms with E-state index in [-0.39, 0.29) is 0 Å². The predicted molar refractivity (Wildman–Crippen MR) is 138 cm³/mol. The standard InChI is InChI=1S/C26H20Cl2N4O3/c1-15(26(33)32-22-13-18(27)8-9-19(22)28)35-23-10-7-16(12-24(23)34-2)11-17(14-29)25-30-20-5-3-4-6-21(20)31-25/h3-13,15H,1-2H3,(H,30,31)(H,32,33)/b17-11+/t15-/m1/s1. The zero-order chi connectivity index (χ0) is 24.9. The molecule has 35 heavy (non-hydrogen) atoms. The summed E-state index contributed by atoms with van der Waals surface area (Å²) in [5.74, 6) is 0.836. The Labute approximate surface area is 211 Å². The molecule has 0 aliphatic rings. The number of aromatic amines is 1. The fourth-order valence-electron chi connectivity index (χ4n) is 3.34. The van der Waals surface area contributed by atoms with E-state index in [0.29, 0.717) is 44.2 Å². The topological polar surface area (TPSA) is 100 Å². The number of allylic oxidation sites excluding steroid dienone is 1. The molecule has 0 fully saturated rings. The zero-order valence-electron chi connectivity index (χ0n) is 18.8. The van der Waals surface area contributed by atoms with Crippen LogP contribution in [-0.4, -0.2) is 29.1 Å². The van der Waals surface area contributed by atoms with Crippen LogP contribution < -0.4 is 14.8 Å². The van der Waals surface area contributed by atoms with E-state index in [9.17, 15) is 10.1 Å². The van der Waals surface area contributed by atoms with Gasteiger partial charge in [-0.3, -0.25) is 4.79 Å². The first kappa shape index (κ1) is 24.1. The Morgan fingerprint density at radius 2 is 1.94 bits per heavy atom. The molecule has 0 saturated carbocycles. The highest BCUT2D eigenvalue weighted by Gasteiger charge is 2.19. The molecule has 0 saturated heterocycles. The zero-order valence-corrected chi connectivity index (χ0v) is 20.3. The lowest BCUT2D eigenvalue weighted by atomic mass is 10.1. The lowest BCUT2D eigenvalue weighted by Crippen LogP contribution is -2.30. The van der Waals surface area contributed by atoms with Gasteiger partial charge in [-0.1, -0.05) is 41.4 Å². The number of halogens is 2. The first-order valence-corrected chi connectivity index (χ1v) is 11.3. The second-order valence-corrected chi connectivity index (χ2v) is 8.40. The third-order valence-corrected chi connectivity index (χ3v) is 5.69. The van der Waals surface area contributed by atoms with Crippen LogP contribution in [0.15, 0.2) is 60.7 Å². The van der Waals surface area contributed by atoms with Crippen LogP contribution in [-0.2, 0) is 4.79 Å². The molecule has 2 N–H and O–H groups in total. The van der Waals surface area contributed by atoms with Gasteiger partial charge in [0.2, 0.25) is 0 Å². The van der Waals surface area contributed by atoms with Crippen LogP contribution in [0.3, 0.4) is 0 Å². The van der Waals surface area contributed by atoms with Crippen molar-refractivity contribution in [3.8, 4) is 17.6 Å². The number of anilines is 1. The van der Waals surface area contributed by atoms with Gasteiger partial charge in [0.25, 0.3) is 5.91 Å². The number of nitrogens with zero attached hydrogens (tertiary/aromatic N) is 2. The molecule has 1 aromatic heterocycles. The van der Waals surface area contributed by atoms with Gasteiger partial charge in [-0.25, -0.2) is 4.98 Å². The van der Waals surface area contributed by atoms with E-state index in [4.69, 9.17) is 32.7 Å². The first-order chi connectivity index (χ1) is 16.9. The SMILES string of the molecule is COc1cc(/C=C(\C#N)c2nc3ccccc3[nH]2)ccc1O[C@H](C)C(=O)Nc1cc(Cl)ccc1Cl. The van der Waals surface area contributed by atoms with E-state index in [2.05, 4.69) is 21.4 Å². The third kappa shape index (κ3) is 5.57. The highest BCUT2D eigenvalue weighted by molar-refractivity contribution is 6.35. The highest BCUT2D eigenvalue weighted by atomic mass is 35.5. The van der Waals surface area contributed by atoms with Crippen molar-refractivity contribution in [1.82, 2.24) is 9.97 Å². The van der Waals surface area contributed by atoms with Crippen molar-refractivity contribution in [2.45, 2.75) is 13.0 Å². The van der Waals surface area contributed by atoms with Crippen LogP contribution in [0.2, 0.25) is 10.0 Å². The smallest absolute Gasteiger partial charge is 0.265 e. The largest absolute Gasteiger partial charge is 0.493 e. The summed E-state index contributed by atoms with van der Waals surface area (Å²) in [6.07, 6.45) is 0.840. The van der Waals surface area contributed by atoms with E-state index >= 15 is 0 Å². The molecule has 7 nitrogen and oxygen atoms in total. The Hall–Kier alpha value is -3.99. The van der Waals surface area contributed by atoms with Gasteiger partial charge in [0.1, 0.15) is 11.9 Å². The molecule has 4 aromatic rings. The molecular formula is C26H20Cl2N4O3. The van der Waals surface area contributed by atoms with Crippen LogP contribution in [0, 0.1) is 11.3 Å². The normalized spacial score (nSPS) is 12.1. The summed E-state index contributed by atoms with van der Waals surface area (Å²) in [6, 6.07) is 19.7. The number of methoxy groups -OCH3 is 1. The van der Waals surface area contributed by atoms with Gasteiger partial charge in [-0.2, -0.15) is 5.26 Å². The number of carbonyl (C=O) groups excluding carboxylic acids is 1. The molecule has 1 atom stereocenters. The van der Waals surface area contributed by atoms with Gasteiger partial charge in [-0.15, -0.1) is 0 Å². The minimum Gasteiger partial charge on any atom is -0.493 e. The number of ether oxygens (including phenoxy) is 2. The number of para-hydroxylation sites is 2. The van der Waals surface area contributed by atoms with Crippen molar-refractivity contribution in [2.24, 2.45) is 0 Å². The average molecular weight is 507 g/mol. The number of fused-ring (bicyclic) bond motifs is 1. The van der Waals surface area contributed by atoms with E-state index in [1.807, 2.05) is 24.3 Å². The summed E-state index contributed by atoms with van der Waals surface area (Å²) >= 11 is 12.1. The number of benzene rings is 3.